The van der Waals surface area contributed by atoms with Gasteiger partial charge in [0, 0.05) is 93.3 Å². The number of amides is 7. The molecule has 3 aromatic carbocycles. The van der Waals surface area contributed by atoms with Crippen molar-refractivity contribution >= 4 is 76.4 Å². The summed E-state index contributed by atoms with van der Waals surface area (Å²) in [5.41, 5.74) is 6.26. The summed E-state index contributed by atoms with van der Waals surface area (Å²) in [6, 6.07) is 12.7. The molecule has 5 heterocycles. The summed E-state index contributed by atoms with van der Waals surface area (Å²) in [4.78, 5) is 123. The largest absolute Gasteiger partial charge is 0.493 e. The second kappa shape index (κ2) is 32.8. The Hall–Kier alpha value is -8.54. The van der Waals surface area contributed by atoms with E-state index in [4.69, 9.17) is 28.4 Å². The van der Waals surface area contributed by atoms with Crippen LogP contribution in [0.4, 0.5) is 21.9 Å². The number of unbranched alkanes of at least 4 members (excludes halogenated alkanes) is 2. The monoisotopic (exact) mass is 1240 g/mol. The van der Waals surface area contributed by atoms with Crippen molar-refractivity contribution in [1.82, 2.24) is 20.0 Å². The number of anilines is 2. The Balaban J connectivity index is 0.000000259. The van der Waals surface area contributed by atoms with E-state index in [1.165, 1.54) is 24.2 Å². The third kappa shape index (κ3) is 18.3. The Morgan fingerprint density at radius 3 is 2.02 bits per heavy atom. The van der Waals surface area contributed by atoms with Gasteiger partial charge in [-0.15, -0.1) is 0 Å². The van der Waals surface area contributed by atoms with Crippen molar-refractivity contribution < 1.29 is 76.7 Å². The van der Waals surface area contributed by atoms with Crippen LogP contribution >= 0.6 is 0 Å². The molecule has 0 saturated carbocycles. The lowest BCUT2D eigenvalue weighted by Gasteiger charge is -2.31. The standard InChI is InChI=1S/C36H42N4O8.C31H43N3O8/c1-6-46-36(44)40-28-17-32(31(45-5)15-26(28)34(42)39-20-22(3)13-29(39)35(40)43)48-11-9-7-8-10-47-30-16-27-25(14-23(30)4)33(41)38-19-21(2)12-24(38)18-37-27;1-21(2)27(31(40)32-23(4)30(39)33-24-9-7-22(3)8-10-24)20-26(36)14-17-42-19-18-41-16-5-6-25(35)13-15-34-28(37)11-12-29(34)38/h14-20,24,29,35,43H,6-13H2,1-5H3;7-12,21,23,27H,5-6,13-20H2,1-4H3,(H,32,40)(H,33,39)/t24-,29-,35-;23-,27-/m01/s1. The number of aliphatic hydroxyl groups excluding tert-OH is 1. The van der Waals surface area contributed by atoms with E-state index in [-0.39, 0.29) is 104 Å². The number of benzene rings is 3. The van der Waals surface area contributed by atoms with E-state index < -0.39 is 42.1 Å². The molecule has 0 radical (unpaired) electrons. The number of methoxy groups -OCH3 is 1. The zero-order valence-corrected chi connectivity index (χ0v) is 53.0. The van der Waals surface area contributed by atoms with Crippen LogP contribution in [0.15, 0.2) is 89.2 Å². The minimum Gasteiger partial charge on any atom is -0.493 e. The van der Waals surface area contributed by atoms with Crippen LogP contribution < -0.4 is 29.7 Å². The van der Waals surface area contributed by atoms with Crippen LogP contribution in [-0.4, -0.2) is 163 Å². The lowest BCUT2D eigenvalue weighted by molar-refractivity contribution is -0.137. The Bertz CT molecular complexity index is 3250. The first kappa shape index (κ1) is 68.9. The number of rotatable bonds is 30. The second-order valence-electron chi connectivity index (χ2n) is 23.3. The predicted octanol–water partition coefficient (Wildman–Crippen LogP) is 8.64. The van der Waals surface area contributed by atoms with Gasteiger partial charge in [-0.1, -0.05) is 42.7 Å². The second-order valence-corrected chi connectivity index (χ2v) is 23.3. The molecule has 0 bridgehead atoms. The number of ether oxygens (including phenoxy) is 6. The van der Waals surface area contributed by atoms with Gasteiger partial charge in [0.2, 0.25) is 11.8 Å². The van der Waals surface area contributed by atoms with Gasteiger partial charge >= 0.3 is 6.09 Å². The van der Waals surface area contributed by atoms with E-state index in [1.807, 2.05) is 78.2 Å². The van der Waals surface area contributed by atoms with Crippen LogP contribution in [0.1, 0.15) is 138 Å². The highest BCUT2D eigenvalue weighted by Crippen LogP contribution is 2.42. The van der Waals surface area contributed by atoms with E-state index >= 15 is 0 Å². The molecule has 0 aromatic heterocycles. The maximum atomic E-state index is 13.6. The van der Waals surface area contributed by atoms with Gasteiger partial charge in [0.1, 0.15) is 23.4 Å². The fourth-order valence-corrected chi connectivity index (χ4v) is 10.8. The number of aliphatic imine (C=N–C) groups is 1. The number of aryl methyl sites for hydroxylation is 2. The average molecular weight is 1240 g/mol. The fraction of sp³-hybridized carbons (Fsp3) is 0.493. The molecular formula is C67H85N7O16. The molecule has 0 unspecified atom stereocenters. The van der Waals surface area contributed by atoms with Crippen LogP contribution in [-0.2, 0) is 43.0 Å². The third-order valence-electron chi connectivity index (χ3n) is 15.8. The fourth-order valence-electron chi connectivity index (χ4n) is 10.8. The molecule has 0 aliphatic carbocycles. The van der Waals surface area contributed by atoms with E-state index in [9.17, 15) is 48.3 Å². The van der Waals surface area contributed by atoms with Gasteiger partial charge < -0.3 is 54.0 Å². The zero-order chi connectivity index (χ0) is 65.2. The highest BCUT2D eigenvalue weighted by molar-refractivity contribution is 6.13. The van der Waals surface area contributed by atoms with E-state index in [0.29, 0.717) is 86.3 Å². The number of hydrogen-bond acceptors (Lipinski definition) is 17. The average Bonchev–Trinajstić information content (AvgIpc) is 1.62. The van der Waals surface area contributed by atoms with Gasteiger partial charge in [-0.3, -0.25) is 48.2 Å². The maximum Gasteiger partial charge on any atom is 0.416 e. The number of aliphatic hydroxyl groups is 1. The summed E-state index contributed by atoms with van der Waals surface area (Å²) in [6.07, 6.45) is 10.4. The molecule has 8 rings (SSSR count). The van der Waals surface area contributed by atoms with Crippen LogP contribution in [0.25, 0.3) is 0 Å². The smallest absolute Gasteiger partial charge is 0.416 e. The number of carbonyl (C=O) groups is 9. The van der Waals surface area contributed by atoms with Crippen LogP contribution in [0.5, 0.6) is 17.2 Å². The third-order valence-corrected chi connectivity index (χ3v) is 15.8. The van der Waals surface area contributed by atoms with Gasteiger partial charge in [-0.25, -0.2) is 9.69 Å². The highest BCUT2D eigenvalue weighted by Gasteiger charge is 2.45. The molecule has 5 atom stereocenters. The van der Waals surface area contributed by atoms with Gasteiger partial charge in [-0.2, -0.15) is 0 Å². The maximum absolute atomic E-state index is 13.6. The number of Topliss-reactive ketones (excluding diaryl/α,β-unsaturated/α-hetero) is 2. The van der Waals surface area contributed by atoms with Crippen molar-refractivity contribution in [1.29, 1.82) is 0 Å². The molecule has 7 amide bonds. The summed E-state index contributed by atoms with van der Waals surface area (Å²) in [6.45, 7) is 17.0. The van der Waals surface area contributed by atoms with Crippen molar-refractivity contribution in [2.75, 3.05) is 70.1 Å². The minimum atomic E-state index is -1.32. The lowest BCUT2D eigenvalue weighted by atomic mass is 9.89. The minimum absolute atomic E-state index is 0.0470. The molecule has 3 aromatic rings. The van der Waals surface area contributed by atoms with Crippen LogP contribution in [0.3, 0.4) is 0 Å². The molecule has 5 aliphatic heterocycles. The Labute approximate surface area is 525 Å². The molecule has 484 valence electrons. The lowest BCUT2D eigenvalue weighted by Crippen LogP contribution is -2.50. The zero-order valence-electron chi connectivity index (χ0n) is 53.0. The molecule has 90 heavy (non-hydrogen) atoms. The number of hydrogen-bond donors (Lipinski definition) is 3. The van der Waals surface area contributed by atoms with Gasteiger partial charge in [0.05, 0.1) is 81.3 Å². The molecular weight excluding hydrogens is 1160 g/mol. The van der Waals surface area contributed by atoms with Gasteiger partial charge in [0.25, 0.3) is 23.6 Å². The van der Waals surface area contributed by atoms with E-state index in [2.05, 4.69) is 15.6 Å². The summed E-state index contributed by atoms with van der Waals surface area (Å²) in [7, 11) is 1.49. The van der Waals surface area contributed by atoms with Crippen molar-refractivity contribution in [2.24, 2.45) is 16.8 Å². The first-order chi connectivity index (χ1) is 43.1. The molecule has 0 spiro atoms. The number of nitrogens with one attached hydrogen (secondary N) is 2. The van der Waals surface area contributed by atoms with Gasteiger partial charge in [-0.05, 0) is 116 Å². The summed E-state index contributed by atoms with van der Waals surface area (Å²) < 4.78 is 34.0. The van der Waals surface area contributed by atoms with E-state index in [1.54, 1.807) is 49.2 Å². The molecule has 23 nitrogen and oxygen atoms in total. The predicted molar refractivity (Wildman–Crippen MR) is 336 cm³/mol. The first-order valence-electron chi connectivity index (χ1n) is 30.8. The van der Waals surface area contributed by atoms with Crippen molar-refractivity contribution in [2.45, 2.75) is 144 Å². The van der Waals surface area contributed by atoms with Gasteiger partial charge in [0.15, 0.2) is 17.7 Å². The molecule has 0 saturated heterocycles. The number of ketones is 2. The first-order valence-corrected chi connectivity index (χ1v) is 30.8. The van der Waals surface area contributed by atoms with Crippen molar-refractivity contribution in [3.63, 3.8) is 0 Å². The highest BCUT2D eigenvalue weighted by atomic mass is 16.6. The number of fused-ring (bicyclic) bond motifs is 4. The topological polar surface area (TPSA) is 279 Å². The number of nitrogens with zero attached hydrogens (tertiary/aromatic N) is 5. The number of carbonyl (C=O) groups excluding carboxylic acids is 9. The summed E-state index contributed by atoms with van der Waals surface area (Å²) in [5, 5.41) is 16.8. The molecule has 5 aliphatic rings. The summed E-state index contributed by atoms with van der Waals surface area (Å²) >= 11 is 0. The Morgan fingerprint density at radius 2 is 1.34 bits per heavy atom. The molecule has 3 N–H and O–H groups in total. The number of imide groups is 1. The normalized spacial score (nSPS) is 17.9. The molecule has 23 heteroatoms. The quantitative estimate of drug-likeness (QED) is 0.0416. The Kier molecular flexibility index (Phi) is 25.1. The SMILES string of the molecule is CCOC(=O)N1c2cc(OCCCCCOc3cc4c(cc3C)C(=O)N3C=C(C)C[C@H]3C=N4)c(OC)cc2C(=O)N2C=C(C)C[C@H]2[C@@H]1O.Cc1ccc(NC(=O)[C@@H](C)NC(=O)[C@H](CC(=O)CCOCCOCCCC(=O)CCN2C(=O)C=CC2=O)C(C)C)cc1. The van der Waals surface area contributed by atoms with E-state index in [0.717, 1.165) is 51.3 Å². The van der Waals surface area contributed by atoms with Crippen molar-refractivity contribution in [3.05, 3.63) is 106 Å². The summed E-state index contributed by atoms with van der Waals surface area (Å²) in [5.74, 6) is -1.28. The van der Waals surface area contributed by atoms with Crippen LogP contribution in [0.2, 0.25) is 0 Å². The molecule has 0 fully saturated rings. The van der Waals surface area contributed by atoms with Crippen LogP contribution in [0, 0.1) is 25.7 Å². The van der Waals surface area contributed by atoms with Crippen molar-refractivity contribution in [3.8, 4) is 17.2 Å². The Morgan fingerprint density at radius 1 is 0.689 bits per heavy atom.